The Hall–Kier alpha value is -2.77. The molecule has 3 heterocycles. The fraction of sp³-hybridized carbons (Fsp3) is 0.524. The quantitative estimate of drug-likeness (QED) is 0.789. The summed E-state index contributed by atoms with van der Waals surface area (Å²) >= 11 is 0. The summed E-state index contributed by atoms with van der Waals surface area (Å²) in [5.74, 6) is 1.64. The Labute approximate surface area is 169 Å². The van der Waals surface area contributed by atoms with Gasteiger partial charge in [0.2, 0.25) is 11.8 Å². The van der Waals surface area contributed by atoms with Gasteiger partial charge in [0.1, 0.15) is 17.5 Å². The number of likely N-dealkylation sites (tertiary alicyclic amines) is 1. The van der Waals surface area contributed by atoms with Gasteiger partial charge in [0.15, 0.2) is 0 Å². The minimum Gasteiger partial charge on any atom is -0.342 e. The number of carbonyl (C=O) groups excluding carboxylic acids is 2. The third-order valence-electron chi connectivity index (χ3n) is 5.94. The van der Waals surface area contributed by atoms with Crippen LogP contribution in [0, 0.1) is 5.82 Å². The van der Waals surface area contributed by atoms with Crippen LogP contribution in [-0.2, 0) is 29.0 Å². The van der Waals surface area contributed by atoms with Crippen LogP contribution in [-0.4, -0.2) is 62.6 Å². The van der Waals surface area contributed by atoms with Crippen molar-refractivity contribution in [2.45, 2.75) is 45.1 Å². The van der Waals surface area contributed by atoms with Gasteiger partial charge in [-0.2, -0.15) is 0 Å². The van der Waals surface area contributed by atoms with Gasteiger partial charge in [-0.25, -0.2) is 4.39 Å². The highest BCUT2D eigenvalue weighted by Crippen LogP contribution is 2.27. The van der Waals surface area contributed by atoms with Crippen LogP contribution in [0.1, 0.15) is 42.9 Å². The topological polar surface area (TPSA) is 71.3 Å². The van der Waals surface area contributed by atoms with Gasteiger partial charge in [0.05, 0.1) is 6.42 Å². The van der Waals surface area contributed by atoms with E-state index in [-0.39, 0.29) is 30.0 Å². The van der Waals surface area contributed by atoms with Gasteiger partial charge < -0.3 is 14.4 Å². The molecular weight excluding hydrogens is 373 g/mol. The summed E-state index contributed by atoms with van der Waals surface area (Å²) in [4.78, 5) is 28.1. The Morgan fingerprint density at radius 2 is 1.93 bits per heavy atom. The molecule has 0 N–H and O–H groups in total. The molecule has 29 heavy (non-hydrogen) atoms. The first-order chi connectivity index (χ1) is 14.0. The van der Waals surface area contributed by atoms with Crippen LogP contribution in [0.15, 0.2) is 24.3 Å². The molecule has 2 aromatic rings. The van der Waals surface area contributed by atoms with Crippen molar-refractivity contribution >= 4 is 11.8 Å². The summed E-state index contributed by atoms with van der Waals surface area (Å²) in [7, 11) is 0. The second-order valence-corrected chi connectivity index (χ2v) is 7.83. The van der Waals surface area contributed by atoms with Gasteiger partial charge in [0.25, 0.3) is 0 Å². The molecule has 2 aliphatic heterocycles. The van der Waals surface area contributed by atoms with Gasteiger partial charge in [-0.15, -0.1) is 10.2 Å². The minimum absolute atomic E-state index is 0.0658. The molecule has 0 saturated carbocycles. The Balaban J connectivity index is 1.44. The number of hydrogen-bond donors (Lipinski definition) is 0. The molecule has 0 radical (unpaired) electrons. The zero-order valence-corrected chi connectivity index (χ0v) is 16.7. The predicted molar refractivity (Wildman–Crippen MR) is 105 cm³/mol. The van der Waals surface area contributed by atoms with E-state index in [1.807, 2.05) is 4.90 Å². The average Bonchev–Trinajstić information content (AvgIpc) is 3.01. The van der Waals surface area contributed by atoms with Crippen LogP contribution in [0.3, 0.4) is 0 Å². The highest BCUT2D eigenvalue weighted by molar-refractivity contribution is 5.78. The maximum absolute atomic E-state index is 13.9. The molecule has 1 aromatic heterocycles. The Kier molecular flexibility index (Phi) is 5.60. The van der Waals surface area contributed by atoms with E-state index in [0.717, 1.165) is 31.0 Å². The third kappa shape index (κ3) is 4.16. The van der Waals surface area contributed by atoms with Crippen molar-refractivity contribution < 1.29 is 14.0 Å². The van der Waals surface area contributed by atoms with Crippen LogP contribution in [0.25, 0.3) is 0 Å². The first-order valence-electron chi connectivity index (χ1n) is 10.2. The molecule has 2 aliphatic rings. The third-order valence-corrected chi connectivity index (χ3v) is 5.94. The fourth-order valence-corrected chi connectivity index (χ4v) is 4.29. The molecule has 1 saturated heterocycles. The molecule has 0 unspecified atom stereocenters. The minimum atomic E-state index is -0.345. The van der Waals surface area contributed by atoms with E-state index in [1.54, 1.807) is 30.0 Å². The highest BCUT2D eigenvalue weighted by Gasteiger charge is 2.29. The molecule has 0 spiro atoms. The van der Waals surface area contributed by atoms with Gasteiger partial charge in [0, 0.05) is 52.0 Å². The summed E-state index contributed by atoms with van der Waals surface area (Å²) in [6.45, 7) is 4.79. The van der Waals surface area contributed by atoms with E-state index >= 15 is 0 Å². The second kappa shape index (κ2) is 8.31. The first kappa shape index (κ1) is 19.5. The smallest absolute Gasteiger partial charge is 0.227 e. The molecule has 0 bridgehead atoms. The molecule has 8 heteroatoms. The van der Waals surface area contributed by atoms with Crippen LogP contribution in [0.5, 0.6) is 0 Å². The van der Waals surface area contributed by atoms with Crippen molar-refractivity contribution in [2.24, 2.45) is 0 Å². The molecular formula is C21H26FN5O2. The normalized spacial score (nSPS) is 19.6. The molecule has 1 atom stereocenters. The van der Waals surface area contributed by atoms with Gasteiger partial charge in [-0.3, -0.25) is 9.59 Å². The summed E-state index contributed by atoms with van der Waals surface area (Å²) < 4.78 is 16.0. The zero-order valence-electron chi connectivity index (χ0n) is 16.7. The van der Waals surface area contributed by atoms with Crippen molar-refractivity contribution in [3.63, 3.8) is 0 Å². The lowest BCUT2D eigenvalue weighted by Crippen LogP contribution is -2.38. The van der Waals surface area contributed by atoms with E-state index in [2.05, 4.69) is 14.8 Å². The fourth-order valence-electron chi connectivity index (χ4n) is 4.29. The predicted octanol–water partition coefficient (Wildman–Crippen LogP) is 1.77. The molecule has 1 fully saturated rings. The average molecular weight is 399 g/mol. The molecule has 154 valence electrons. The molecule has 0 aliphatic carbocycles. The molecule has 1 aromatic carbocycles. The number of nitrogens with zero attached hydrogens (tertiary/aromatic N) is 5. The van der Waals surface area contributed by atoms with Crippen molar-refractivity contribution in [1.82, 2.24) is 24.6 Å². The van der Waals surface area contributed by atoms with E-state index in [0.29, 0.717) is 38.2 Å². The van der Waals surface area contributed by atoms with Gasteiger partial charge >= 0.3 is 0 Å². The standard InChI is InChI=1S/C21H26FN5O2/c1-15(28)26-9-4-6-17(14-26)21-24-23-19-8-10-25(11-12-27(19)21)20(29)13-16-5-2-3-7-18(16)22/h2-3,5,7,17H,4,6,8-14H2,1H3/t17-/m0/s1. The Bertz CT molecular complexity index is 912. The van der Waals surface area contributed by atoms with Crippen molar-refractivity contribution in [3.8, 4) is 0 Å². The number of aromatic nitrogens is 3. The molecule has 4 rings (SSSR count). The van der Waals surface area contributed by atoms with Crippen molar-refractivity contribution in [1.29, 1.82) is 0 Å². The number of halogens is 1. The monoisotopic (exact) mass is 399 g/mol. The number of carbonyl (C=O) groups is 2. The van der Waals surface area contributed by atoms with E-state index in [1.165, 1.54) is 6.07 Å². The lowest BCUT2D eigenvalue weighted by atomic mass is 9.97. The number of amides is 2. The first-order valence-corrected chi connectivity index (χ1v) is 10.2. The Morgan fingerprint density at radius 1 is 1.10 bits per heavy atom. The largest absolute Gasteiger partial charge is 0.342 e. The van der Waals surface area contributed by atoms with Gasteiger partial charge in [-0.05, 0) is 24.5 Å². The SMILES string of the molecule is CC(=O)N1CCC[C@H](c2nnc3n2CCN(C(=O)Cc2ccccc2F)CC3)C1. The zero-order chi connectivity index (χ0) is 20.4. The second-order valence-electron chi connectivity index (χ2n) is 7.83. The van der Waals surface area contributed by atoms with Gasteiger partial charge in [-0.1, -0.05) is 18.2 Å². The molecule has 7 nitrogen and oxygen atoms in total. The number of rotatable bonds is 3. The van der Waals surface area contributed by atoms with E-state index in [4.69, 9.17) is 0 Å². The number of piperidine rings is 1. The van der Waals surface area contributed by atoms with Crippen LogP contribution in [0.2, 0.25) is 0 Å². The summed E-state index contributed by atoms with van der Waals surface area (Å²) in [6.07, 6.45) is 2.63. The van der Waals surface area contributed by atoms with Crippen molar-refractivity contribution in [2.75, 3.05) is 26.2 Å². The lowest BCUT2D eigenvalue weighted by molar-refractivity contribution is -0.131. The lowest BCUT2D eigenvalue weighted by Gasteiger charge is -2.31. The number of fused-ring (bicyclic) bond motifs is 1. The Morgan fingerprint density at radius 3 is 2.72 bits per heavy atom. The van der Waals surface area contributed by atoms with Crippen LogP contribution in [0.4, 0.5) is 4.39 Å². The highest BCUT2D eigenvalue weighted by atomic mass is 19.1. The summed E-state index contributed by atoms with van der Waals surface area (Å²) in [5.41, 5.74) is 0.424. The molecule has 2 amide bonds. The summed E-state index contributed by atoms with van der Waals surface area (Å²) in [5, 5.41) is 8.79. The van der Waals surface area contributed by atoms with E-state index in [9.17, 15) is 14.0 Å². The van der Waals surface area contributed by atoms with Crippen LogP contribution < -0.4 is 0 Å². The number of hydrogen-bond acceptors (Lipinski definition) is 4. The van der Waals surface area contributed by atoms with E-state index < -0.39 is 0 Å². The van der Waals surface area contributed by atoms with Crippen LogP contribution >= 0.6 is 0 Å². The maximum Gasteiger partial charge on any atom is 0.227 e. The maximum atomic E-state index is 13.9. The van der Waals surface area contributed by atoms with Crippen molar-refractivity contribution in [3.05, 3.63) is 47.3 Å². The number of benzene rings is 1. The summed E-state index contributed by atoms with van der Waals surface area (Å²) in [6, 6.07) is 6.41.